The maximum atomic E-state index is 12.1. The molecule has 0 aliphatic rings. The number of hydrogen-bond donors (Lipinski definition) is 1. The first-order chi connectivity index (χ1) is 14.0. The Balaban J connectivity index is 1.47. The smallest absolute Gasteiger partial charge is 0.347 e. The molecule has 3 rings (SSSR count). The van der Waals surface area contributed by atoms with Crippen LogP contribution < -0.4 is 10.1 Å². The Bertz CT molecular complexity index is 1020. The van der Waals surface area contributed by atoms with Crippen molar-refractivity contribution in [3.05, 3.63) is 65.9 Å². The Morgan fingerprint density at radius 2 is 1.86 bits per heavy atom. The minimum absolute atomic E-state index is 0.374. The molecule has 0 radical (unpaired) electrons. The summed E-state index contributed by atoms with van der Waals surface area (Å²) in [5.74, 6) is -0.0717. The van der Waals surface area contributed by atoms with Crippen LogP contribution in [0.1, 0.15) is 31.2 Å². The summed E-state index contributed by atoms with van der Waals surface area (Å²) < 4.78 is 16.2. The minimum atomic E-state index is -0.900. The van der Waals surface area contributed by atoms with Crippen molar-refractivity contribution in [2.24, 2.45) is 0 Å². The summed E-state index contributed by atoms with van der Waals surface area (Å²) in [6, 6.07) is 17.4. The number of amides is 1. The number of esters is 1. The number of para-hydroxylation sites is 1. The summed E-state index contributed by atoms with van der Waals surface area (Å²) in [6.45, 7) is 2.88. The zero-order chi connectivity index (χ0) is 20.8. The van der Waals surface area contributed by atoms with Crippen LogP contribution in [0.4, 0.5) is 0 Å². The number of carbonyl (C=O) groups is 2. The molecule has 7 nitrogen and oxygen atoms in total. The van der Waals surface area contributed by atoms with Crippen LogP contribution in [-0.4, -0.2) is 24.6 Å². The van der Waals surface area contributed by atoms with Crippen molar-refractivity contribution in [1.29, 1.82) is 5.26 Å². The van der Waals surface area contributed by atoms with Gasteiger partial charge in [-0.3, -0.25) is 4.79 Å². The second-order valence-electron chi connectivity index (χ2n) is 6.48. The average molecular weight is 392 g/mol. The summed E-state index contributed by atoms with van der Waals surface area (Å²) in [6.07, 6.45) is -0.900. The Hall–Kier alpha value is -3.79. The molecular weight excluding hydrogens is 372 g/mol. The van der Waals surface area contributed by atoms with E-state index in [0.717, 1.165) is 11.0 Å². The third kappa shape index (κ3) is 5.14. The molecule has 0 aliphatic carbocycles. The van der Waals surface area contributed by atoms with E-state index in [0.29, 0.717) is 17.1 Å². The highest BCUT2D eigenvalue weighted by Gasteiger charge is 2.19. The van der Waals surface area contributed by atoms with Gasteiger partial charge in [0.05, 0.1) is 17.7 Å². The first kappa shape index (κ1) is 20.0. The number of rotatable bonds is 7. The van der Waals surface area contributed by atoms with Gasteiger partial charge in [0.2, 0.25) is 0 Å². The standard InChI is InChI=1S/C22H20N2O5/c1-14(20-11-17-5-3-4-6-19(17)29-20)24-21(25)13-27-22(26)15(2)28-18-9-7-16(12-23)8-10-18/h3-11,14-15H,13H2,1-2H3,(H,24,25)/t14-,15+/m1/s1. The predicted octanol–water partition coefficient (Wildman–Crippen LogP) is 3.49. The highest BCUT2D eigenvalue weighted by atomic mass is 16.6. The molecule has 0 fully saturated rings. The van der Waals surface area contributed by atoms with Gasteiger partial charge < -0.3 is 19.2 Å². The average Bonchev–Trinajstić information content (AvgIpc) is 3.17. The number of nitriles is 1. The van der Waals surface area contributed by atoms with Crippen LogP contribution in [0.5, 0.6) is 5.75 Å². The van der Waals surface area contributed by atoms with E-state index in [9.17, 15) is 9.59 Å². The SMILES string of the molecule is C[C@H](Oc1ccc(C#N)cc1)C(=O)OCC(=O)N[C@H](C)c1cc2ccccc2o1. The van der Waals surface area contributed by atoms with Crippen LogP contribution in [0.15, 0.2) is 59.0 Å². The van der Waals surface area contributed by atoms with E-state index in [4.69, 9.17) is 19.2 Å². The lowest BCUT2D eigenvalue weighted by Gasteiger charge is -2.15. The lowest BCUT2D eigenvalue weighted by atomic mass is 10.2. The molecule has 29 heavy (non-hydrogen) atoms. The van der Waals surface area contributed by atoms with Gasteiger partial charge in [-0.1, -0.05) is 18.2 Å². The van der Waals surface area contributed by atoms with Crippen LogP contribution in [0, 0.1) is 11.3 Å². The first-order valence-corrected chi connectivity index (χ1v) is 9.07. The first-order valence-electron chi connectivity index (χ1n) is 9.07. The van der Waals surface area contributed by atoms with Crippen molar-refractivity contribution < 1.29 is 23.5 Å². The van der Waals surface area contributed by atoms with Gasteiger partial charge in [0.25, 0.3) is 5.91 Å². The summed E-state index contributed by atoms with van der Waals surface area (Å²) in [7, 11) is 0. The molecule has 7 heteroatoms. The Morgan fingerprint density at radius 3 is 2.55 bits per heavy atom. The molecule has 1 aromatic heterocycles. The second-order valence-corrected chi connectivity index (χ2v) is 6.48. The van der Waals surface area contributed by atoms with Gasteiger partial charge in [-0.15, -0.1) is 0 Å². The van der Waals surface area contributed by atoms with Crippen LogP contribution >= 0.6 is 0 Å². The normalized spacial score (nSPS) is 12.6. The van der Waals surface area contributed by atoms with Crippen molar-refractivity contribution >= 4 is 22.8 Å². The predicted molar refractivity (Wildman–Crippen MR) is 105 cm³/mol. The molecule has 0 bridgehead atoms. The molecular formula is C22H20N2O5. The monoisotopic (exact) mass is 392 g/mol. The molecule has 3 aromatic rings. The third-order valence-corrected chi connectivity index (χ3v) is 4.22. The maximum Gasteiger partial charge on any atom is 0.347 e. The van der Waals surface area contributed by atoms with Gasteiger partial charge >= 0.3 is 5.97 Å². The van der Waals surface area contributed by atoms with Crippen molar-refractivity contribution in [2.75, 3.05) is 6.61 Å². The summed E-state index contributed by atoms with van der Waals surface area (Å²) in [5, 5.41) is 12.5. The van der Waals surface area contributed by atoms with Gasteiger partial charge in [-0.2, -0.15) is 5.26 Å². The van der Waals surface area contributed by atoms with Gasteiger partial charge in [-0.05, 0) is 50.2 Å². The highest BCUT2D eigenvalue weighted by molar-refractivity contribution is 5.82. The molecule has 2 aromatic carbocycles. The number of fused-ring (bicyclic) bond motifs is 1. The van der Waals surface area contributed by atoms with Crippen LogP contribution in [0.25, 0.3) is 11.0 Å². The largest absolute Gasteiger partial charge is 0.479 e. The van der Waals surface area contributed by atoms with E-state index < -0.39 is 24.6 Å². The van der Waals surface area contributed by atoms with Gasteiger partial charge in [-0.25, -0.2) is 4.79 Å². The van der Waals surface area contributed by atoms with Crippen molar-refractivity contribution in [3.63, 3.8) is 0 Å². The fourth-order valence-electron chi connectivity index (χ4n) is 2.68. The number of hydrogen-bond acceptors (Lipinski definition) is 6. The van der Waals surface area contributed by atoms with Gasteiger partial charge in [0.1, 0.15) is 17.1 Å². The Kier molecular flexibility index (Phi) is 6.15. The summed E-state index contributed by atoms with van der Waals surface area (Å²) in [4.78, 5) is 24.1. The fraction of sp³-hybridized carbons (Fsp3) is 0.227. The van der Waals surface area contributed by atoms with E-state index in [1.807, 2.05) is 36.4 Å². The van der Waals surface area contributed by atoms with Crippen LogP contribution in [0.3, 0.4) is 0 Å². The van der Waals surface area contributed by atoms with Crippen molar-refractivity contribution in [2.45, 2.75) is 26.0 Å². The van der Waals surface area contributed by atoms with Gasteiger partial charge in [0, 0.05) is 5.39 Å². The molecule has 0 saturated carbocycles. The van der Waals surface area contributed by atoms with Gasteiger partial charge in [0.15, 0.2) is 12.7 Å². The number of ether oxygens (including phenoxy) is 2. The molecule has 2 atom stereocenters. The Labute approximate surface area is 167 Å². The summed E-state index contributed by atoms with van der Waals surface area (Å²) >= 11 is 0. The van der Waals surface area contributed by atoms with Crippen LogP contribution in [-0.2, 0) is 14.3 Å². The van der Waals surface area contributed by atoms with Crippen molar-refractivity contribution in [1.82, 2.24) is 5.32 Å². The molecule has 0 aliphatic heterocycles. The highest BCUT2D eigenvalue weighted by Crippen LogP contribution is 2.23. The molecule has 0 saturated heterocycles. The summed E-state index contributed by atoms with van der Waals surface area (Å²) in [5.41, 5.74) is 1.23. The Morgan fingerprint density at radius 1 is 1.14 bits per heavy atom. The van der Waals surface area contributed by atoms with E-state index in [1.165, 1.54) is 6.92 Å². The van der Waals surface area contributed by atoms with E-state index >= 15 is 0 Å². The lowest BCUT2D eigenvalue weighted by molar-refractivity contribution is -0.154. The number of nitrogens with zero attached hydrogens (tertiary/aromatic N) is 1. The second kappa shape index (κ2) is 8.93. The number of furan rings is 1. The number of carbonyl (C=O) groups excluding carboxylic acids is 2. The van der Waals surface area contributed by atoms with E-state index in [1.54, 1.807) is 31.2 Å². The molecule has 1 amide bonds. The molecule has 1 heterocycles. The minimum Gasteiger partial charge on any atom is -0.479 e. The third-order valence-electron chi connectivity index (χ3n) is 4.22. The van der Waals surface area contributed by atoms with E-state index in [-0.39, 0.29) is 6.04 Å². The van der Waals surface area contributed by atoms with E-state index in [2.05, 4.69) is 5.32 Å². The van der Waals surface area contributed by atoms with Crippen molar-refractivity contribution in [3.8, 4) is 11.8 Å². The quantitative estimate of drug-likeness (QED) is 0.618. The zero-order valence-electron chi connectivity index (χ0n) is 16.0. The number of nitrogens with one attached hydrogen (secondary N) is 1. The fourth-order valence-corrected chi connectivity index (χ4v) is 2.68. The molecule has 0 unspecified atom stereocenters. The maximum absolute atomic E-state index is 12.1. The molecule has 0 spiro atoms. The topological polar surface area (TPSA) is 102 Å². The lowest BCUT2D eigenvalue weighted by Crippen LogP contribution is -2.34. The molecule has 1 N–H and O–H groups in total. The zero-order valence-corrected chi connectivity index (χ0v) is 16.0. The number of benzene rings is 2. The molecule has 148 valence electrons. The van der Waals surface area contributed by atoms with Crippen LogP contribution in [0.2, 0.25) is 0 Å².